The van der Waals surface area contributed by atoms with Crippen LogP contribution in [0.3, 0.4) is 0 Å². The number of anilines is 1. The minimum absolute atomic E-state index is 0.0557. The summed E-state index contributed by atoms with van der Waals surface area (Å²) in [5.41, 5.74) is 0.416. The summed E-state index contributed by atoms with van der Waals surface area (Å²) in [7, 11) is 2.76. The summed E-state index contributed by atoms with van der Waals surface area (Å²) in [6.07, 6.45) is -3.98. The number of alkyl halides is 3. The van der Waals surface area contributed by atoms with Crippen LogP contribution in [-0.4, -0.2) is 44.9 Å². The molecule has 1 saturated carbocycles. The van der Waals surface area contributed by atoms with Crippen LogP contribution in [0.1, 0.15) is 42.3 Å². The van der Waals surface area contributed by atoms with Crippen molar-refractivity contribution in [3.63, 3.8) is 0 Å². The summed E-state index contributed by atoms with van der Waals surface area (Å²) < 4.78 is 48.6. The molecule has 1 aromatic heterocycles. The quantitative estimate of drug-likeness (QED) is 0.661. The highest BCUT2D eigenvalue weighted by atomic mass is 32.1. The van der Waals surface area contributed by atoms with Crippen molar-refractivity contribution in [1.29, 1.82) is 0 Å². The summed E-state index contributed by atoms with van der Waals surface area (Å²) in [4.78, 5) is 27.0. The molecule has 1 unspecified atom stereocenters. The summed E-state index contributed by atoms with van der Waals surface area (Å²) >= 11 is 1.16. The molecule has 1 aliphatic rings. The van der Waals surface area contributed by atoms with Crippen molar-refractivity contribution in [2.75, 3.05) is 25.7 Å². The predicted molar refractivity (Wildman–Crippen MR) is 96.0 cm³/mol. The van der Waals surface area contributed by atoms with E-state index in [9.17, 15) is 22.8 Å². The number of halogens is 3. The first-order valence-electron chi connectivity index (χ1n) is 8.75. The van der Waals surface area contributed by atoms with Crippen molar-refractivity contribution in [3.05, 3.63) is 16.3 Å². The lowest BCUT2D eigenvalue weighted by Crippen LogP contribution is -2.46. The van der Waals surface area contributed by atoms with Crippen LogP contribution in [-0.2, 0) is 14.3 Å². The van der Waals surface area contributed by atoms with Gasteiger partial charge in [-0.25, -0.2) is 4.79 Å². The molecular formula is C18H24F3NO4S. The Kier molecular flexibility index (Phi) is 7.27. The maximum Gasteiger partial charge on any atom is 0.391 e. The van der Waals surface area contributed by atoms with Gasteiger partial charge in [0.05, 0.1) is 31.4 Å². The first-order chi connectivity index (χ1) is 12.7. The predicted octanol–water partition coefficient (Wildman–Crippen LogP) is 4.27. The third-order valence-corrected chi connectivity index (χ3v) is 5.78. The Labute approximate surface area is 160 Å². The van der Waals surface area contributed by atoms with Crippen molar-refractivity contribution in [3.8, 4) is 0 Å². The molecule has 1 heterocycles. The van der Waals surface area contributed by atoms with Gasteiger partial charge >= 0.3 is 12.1 Å². The van der Waals surface area contributed by atoms with E-state index in [2.05, 4.69) is 0 Å². The van der Waals surface area contributed by atoms with Crippen LogP contribution in [0.25, 0.3) is 0 Å². The minimum Gasteiger partial charge on any atom is -0.465 e. The van der Waals surface area contributed by atoms with Gasteiger partial charge in [-0.3, -0.25) is 4.79 Å². The first kappa shape index (κ1) is 21.7. The highest BCUT2D eigenvalue weighted by Gasteiger charge is 2.43. The van der Waals surface area contributed by atoms with E-state index in [4.69, 9.17) is 9.47 Å². The van der Waals surface area contributed by atoms with Crippen LogP contribution in [0.15, 0.2) is 11.4 Å². The van der Waals surface area contributed by atoms with Crippen LogP contribution in [0.4, 0.5) is 18.9 Å². The fraction of sp³-hybridized carbons (Fsp3) is 0.667. The van der Waals surface area contributed by atoms with E-state index in [0.717, 1.165) is 11.3 Å². The molecule has 1 aromatic rings. The fourth-order valence-corrected chi connectivity index (χ4v) is 4.29. The monoisotopic (exact) mass is 407 g/mol. The largest absolute Gasteiger partial charge is 0.465 e. The molecule has 27 heavy (non-hydrogen) atoms. The van der Waals surface area contributed by atoms with Crippen molar-refractivity contribution in [2.24, 2.45) is 11.8 Å². The van der Waals surface area contributed by atoms with E-state index < -0.39 is 24.0 Å². The molecule has 0 aromatic carbocycles. The molecule has 0 spiro atoms. The van der Waals surface area contributed by atoms with E-state index >= 15 is 0 Å². The summed E-state index contributed by atoms with van der Waals surface area (Å²) in [6, 6.07) is 1.28. The molecule has 9 heteroatoms. The molecule has 0 aliphatic heterocycles. The van der Waals surface area contributed by atoms with Crippen molar-refractivity contribution >= 4 is 28.9 Å². The number of methoxy groups -OCH3 is 2. The Morgan fingerprint density at radius 2 is 1.89 bits per heavy atom. The van der Waals surface area contributed by atoms with Crippen molar-refractivity contribution in [1.82, 2.24) is 0 Å². The lowest BCUT2D eigenvalue weighted by Gasteiger charge is -2.35. The number of thiophene rings is 1. The Bertz CT molecular complexity index is 653. The summed E-state index contributed by atoms with van der Waals surface area (Å²) in [5.74, 6) is -2.68. The zero-order valence-electron chi connectivity index (χ0n) is 15.5. The number of carbonyl (C=O) groups excluding carboxylic acids is 2. The average Bonchev–Trinajstić information content (AvgIpc) is 3.10. The molecule has 152 valence electrons. The van der Waals surface area contributed by atoms with Gasteiger partial charge in [0, 0.05) is 13.0 Å². The molecule has 5 nitrogen and oxygen atoms in total. The Balaban J connectivity index is 2.24. The zero-order chi connectivity index (χ0) is 20.2. The number of hydrogen-bond donors (Lipinski definition) is 0. The Hall–Kier alpha value is -1.61. The molecular weight excluding hydrogens is 383 g/mol. The number of nitrogens with zero attached hydrogens (tertiary/aromatic N) is 1. The molecule has 2 rings (SSSR count). The SMILES string of the molecule is COCC(C)N(c1ccsc1C(=O)OC)C(=O)[C@H]1CC[C@H](C(F)(F)F)CC1. The first-order valence-corrected chi connectivity index (χ1v) is 9.63. The van der Waals surface area contributed by atoms with Gasteiger partial charge in [0.2, 0.25) is 5.91 Å². The number of ether oxygens (including phenoxy) is 2. The lowest BCUT2D eigenvalue weighted by atomic mass is 9.81. The summed E-state index contributed by atoms with van der Waals surface area (Å²) in [5, 5.41) is 1.68. The second-order valence-electron chi connectivity index (χ2n) is 6.73. The molecule has 1 fully saturated rings. The van der Waals surface area contributed by atoms with Gasteiger partial charge in [-0.15, -0.1) is 11.3 Å². The average molecular weight is 407 g/mol. The van der Waals surface area contributed by atoms with Gasteiger partial charge in [-0.1, -0.05) is 0 Å². The molecule has 0 radical (unpaired) electrons. The van der Waals surface area contributed by atoms with Gasteiger partial charge < -0.3 is 14.4 Å². The van der Waals surface area contributed by atoms with Crippen LogP contribution in [0.2, 0.25) is 0 Å². The highest BCUT2D eigenvalue weighted by molar-refractivity contribution is 7.12. The Morgan fingerprint density at radius 3 is 2.41 bits per heavy atom. The molecule has 0 N–H and O–H groups in total. The molecule has 0 bridgehead atoms. The normalized spacial score (nSPS) is 21.6. The third-order valence-electron chi connectivity index (χ3n) is 4.90. The smallest absolute Gasteiger partial charge is 0.391 e. The van der Waals surface area contributed by atoms with Crippen molar-refractivity contribution in [2.45, 2.75) is 44.8 Å². The van der Waals surface area contributed by atoms with Gasteiger partial charge in [0.1, 0.15) is 4.88 Å². The topological polar surface area (TPSA) is 55.8 Å². The van der Waals surface area contributed by atoms with Gasteiger partial charge in [-0.05, 0) is 44.1 Å². The lowest BCUT2D eigenvalue weighted by molar-refractivity contribution is -0.184. The standard InChI is InChI=1S/C18H24F3NO4S/c1-11(10-25-2)22(14-8-9-27-15(14)17(24)26-3)16(23)12-4-6-13(7-5-12)18(19,20)21/h8-9,11-13H,4-7,10H2,1-3H3/t11?,12-,13-. The number of esters is 1. The van der Waals surface area contributed by atoms with Crippen LogP contribution >= 0.6 is 11.3 Å². The molecule has 1 aliphatic carbocycles. The van der Waals surface area contributed by atoms with Gasteiger partial charge in [0.25, 0.3) is 0 Å². The second kappa shape index (κ2) is 9.05. The van der Waals surface area contributed by atoms with Crippen LogP contribution in [0, 0.1) is 11.8 Å². The highest BCUT2D eigenvalue weighted by Crippen LogP contribution is 2.41. The second-order valence-corrected chi connectivity index (χ2v) is 7.65. The van der Waals surface area contributed by atoms with E-state index in [1.54, 1.807) is 18.4 Å². The van der Waals surface area contributed by atoms with E-state index in [1.807, 2.05) is 0 Å². The Morgan fingerprint density at radius 1 is 1.26 bits per heavy atom. The molecule has 0 saturated heterocycles. The zero-order valence-corrected chi connectivity index (χ0v) is 16.4. The van der Waals surface area contributed by atoms with Crippen LogP contribution in [0.5, 0.6) is 0 Å². The third kappa shape index (κ3) is 5.01. The molecule has 1 atom stereocenters. The van der Waals surface area contributed by atoms with E-state index in [0.29, 0.717) is 5.69 Å². The van der Waals surface area contributed by atoms with Crippen molar-refractivity contribution < 1.29 is 32.2 Å². The number of hydrogen-bond acceptors (Lipinski definition) is 5. The maximum absolute atomic E-state index is 13.2. The maximum atomic E-state index is 13.2. The van der Waals surface area contributed by atoms with Gasteiger partial charge in [0.15, 0.2) is 0 Å². The molecule has 1 amide bonds. The fourth-order valence-electron chi connectivity index (χ4n) is 3.49. The van der Waals surface area contributed by atoms with Gasteiger partial charge in [-0.2, -0.15) is 13.2 Å². The number of carbonyl (C=O) groups is 2. The number of amides is 1. The van der Waals surface area contributed by atoms with E-state index in [-0.39, 0.29) is 49.1 Å². The van der Waals surface area contributed by atoms with Crippen LogP contribution < -0.4 is 4.90 Å². The minimum atomic E-state index is -4.22. The number of rotatable bonds is 6. The summed E-state index contributed by atoms with van der Waals surface area (Å²) in [6.45, 7) is 2.02. The van der Waals surface area contributed by atoms with E-state index in [1.165, 1.54) is 19.1 Å².